The average molecular weight is 325 g/mol. The molecular formula is C20H36O3. The molecule has 0 aromatic rings. The van der Waals surface area contributed by atoms with E-state index in [2.05, 4.69) is 31.2 Å². The van der Waals surface area contributed by atoms with Gasteiger partial charge in [0.1, 0.15) is 0 Å². The van der Waals surface area contributed by atoms with Gasteiger partial charge in [0.25, 0.3) is 0 Å². The Morgan fingerprint density at radius 3 is 2.17 bits per heavy atom. The first-order valence-corrected chi connectivity index (χ1v) is 9.36. The van der Waals surface area contributed by atoms with E-state index in [1.165, 1.54) is 19.3 Å². The maximum absolute atomic E-state index is 10.4. The fourth-order valence-electron chi connectivity index (χ4n) is 2.42. The zero-order valence-corrected chi connectivity index (χ0v) is 14.9. The van der Waals surface area contributed by atoms with Crippen LogP contribution in [-0.4, -0.2) is 22.3 Å². The van der Waals surface area contributed by atoms with E-state index < -0.39 is 5.97 Å². The Morgan fingerprint density at radius 1 is 0.870 bits per heavy atom. The van der Waals surface area contributed by atoms with Gasteiger partial charge in [-0.1, -0.05) is 56.9 Å². The smallest absolute Gasteiger partial charge is 0.303 e. The Morgan fingerprint density at radius 2 is 1.48 bits per heavy atom. The van der Waals surface area contributed by atoms with Gasteiger partial charge in [-0.2, -0.15) is 0 Å². The van der Waals surface area contributed by atoms with E-state index in [4.69, 9.17) is 5.11 Å². The van der Waals surface area contributed by atoms with Crippen LogP contribution in [0.5, 0.6) is 0 Å². The van der Waals surface area contributed by atoms with Crippen molar-refractivity contribution in [2.75, 3.05) is 0 Å². The third-order valence-corrected chi connectivity index (χ3v) is 3.89. The molecule has 0 radical (unpaired) electrons. The maximum Gasteiger partial charge on any atom is 0.303 e. The number of unbranched alkanes of at least 4 members (excludes halogenated alkanes) is 7. The van der Waals surface area contributed by atoms with Gasteiger partial charge in [-0.15, -0.1) is 0 Å². The van der Waals surface area contributed by atoms with Crippen molar-refractivity contribution in [2.24, 2.45) is 0 Å². The van der Waals surface area contributed by atoms with Gasteiger partial charge in [0.05, 0.1) is 6.10 Å². The molecular weight excluding hydrogens is 288 g/mol. The van der Waals surface area contributed by atoms with Crippen LogP contribution in [0.15, 0.2) is 24.3 Å². The summed E-state index contributed by atoms with van der Waals surface area (Å²) in [4.78, 5) is 10.4. The normalized spacial score (nSPS) is 13.1. The highest BCUT2D eigenvalue weighted by molar-refractivity contribution is 5.66. The lowest BCUT2D eigenvalue weighted by Crippen LogP contribution is -2.03. The SMILES string of the molecule is CCCCC/C=C\CC(O)CC/C=C\CCCCCCC(=O)O. The Hall–Kier alpha value is -1.09. The topological polar surface area (TPSA) is 57.5 Å². The van der Waals surface area contributed by atoms with Crippen LogP contribution in [0.2, 0.25) is 0 Å². The van der Waals surface area contributed by atoms with Crippen LogP contribution in [-0.2, 0) is 4.79 Å². The fraction of sp³-hybridized carbons (Fsp3) is 0.750. The molecule has 23 heavy (non-hydrogen) atoms. The van der Waals surface area contributed by atoms with E-state index in [1.54, 1.807) is 0 Å². The molecule has 0 bridgehead atoms. The van der Waals surface area contributed by atoms with Crippen LogP contribution in [0.3, 0.4) is 0 Å². The molecule has 3 nitrogen and oxygen atoms in total. The van der Waals surface area contributed by atoms with Crippen molar-refractivity contribution in [1.82, 2.24) is 0 Å². The Kier molecular flexibility index (Phi) is 16.4. The highest BCUT2D eigenvalue weighted by atomic mass is 16.4. The van der Waals surface area contributed by atoms with Gasteiger partial charge in [0.2, 0.25) is 0 Å². The lowest BCUT2D eigenvalue weighted by molar-refractivity contribution is -0.137. The summed E-state index contributed by atoms with van der Waals surface area (Å²) in [5, 5.41) is 18.4. The van der Waals surface area contributed by atoms with Crippen molar-refractivity contribution < 1.29 is 15.0 Å². The number of aliphatic carboxylic acids is 1. The van der Waals surface area contributed by atoms with Crippen molar-refractivity contribution in [3.05, 3.63) is 24.3 Å². The van der Waals surface area contributed by atoms with E-state index in [-0.39, 0.29) is 6.10 Å². The third kappa shape index (κ3) is 18.9. The summed E-state index contributed by atoms with van der Waals surface area (Å²) < 4.78 is 0. The zero-order valence-electron chi connectivity index (χ0n) is 14.9. The predicted octanol–water partition coefficient (Wildman–Crippen LogP) is 5.64. The zero-order chi connectivity index (χ0) is 17.2. The molecule has 134 valence electrons. The number of carboxylic acids is 1. The number of aliphatic hydroxyl groups excluding tert-OH is 1. The van der Waals surface area contributed by atoms with Gasteiger partial charge in [-0.05, 0) is 51.4 Å². The monoisotopic (exact) mass is 324 g/mol. The maximum atomic E-state index is 10.4. The van der Waals surface area contributed by atoms with Crippen LogP contribution in [0.4, 0.5) is 0 Å². The summed E-state index contributed by atoms with van der Waals surface area (Å²) in [6.45, 7) is 2.21. The summed E-state index contributed by atoms with van der Waals surface area (Å²) in [6, 6.07) is 0. The van der Waals surface area contributed by atoms with Gasteiger partial charge in [0.15, 0.2) is 0 Å². The van der Waals surface area contributed by atoms with E-state index in [1.807, 2.05) is 0 Å². The number of allylic oxidation sites excluding steroid dienone is 3. The van der Waals surface area contributed by atoms with Crippen LogP contribution >= 0.6 is 0 Å². The minimum absolute atomic E-state index is 0.224. The van der Waals surface area contributed by atoms with Gasteiger partial charge in [-0.25, -0.2) is 0 Å². The fourth-order valence-corrected chi connectivity index (χ4v) is 2.42. The second-order valence-corrected chi connectivity index (χ2v) is 6.25. The molecule has 0 aliphatic carbocycles. The summed E-state index contributed by atoms with van der Waals surface area (Å²) in [5.74, 6) is -0.695. The predicted molar refractivity (Wildman–Crippen MR) is 97.6 cm³/mol. The molecule has 0 aromatic heterocycles. The van der Waals surface area contributed by atoms with Gasteiger partial charge in [0, 0.05) is 6.42 Å². The first-order chi connectivity index (χ1) is 11.2. The number of hydrogen-bond donors (Lipinski definition) is 2. The molecule has 0 spiro atoms. The summed E-state index contributed by atoms with van der Waals surface area (Å²) in [5.41, 5.74) is 0. The van der Waals surface area contributed by atoms with Crippen molar-refractivity contribution in [3.63, 3.8) is 0 Å². The Balaban J connectivity index is 3.36. The van der Waals surface area contributed by atoms with Crippen LogP contribution in [0.1, 0.15) is 90.4 Å². The largest absolute Gasteiger partial charge is 0.481 e. The van der Waals surface area contributed by atoms with Gasteiger partial charge in [-0.3, -0.25) is 4.79 Å². The third-order valence-electron chi connectivity index (χ3n) is 3.89. The van der Waals surface area contributed by atoms with Crippen LogP contribution in [0, 0.1) is 0 Å². The highest BCUT2D eigenvalue weighted by Gasteiger charge is 1.99. The van der Waals surface area contributed by atoms with E-state index in [9.17, 15) is 9.90 Å². The molecule has 0 heterocycles. The molecule has 3 heteroatoms. The van der Waals surface area contributed by atoms with Crippen molar-refractivity contribution in [1.29, 1.82) is 0 Å². The molecule has 1 unspecified atom stereocenters. The number of hydrogen-bond acceptors (Lipinski definition) is 2. The Bertz CT molecular complexity index is 321. The quantitative estimate of drug-likeness (QED) is 0.285. The molecule has 1 atom stereocenters. The lowest BCUT2D eigenvalue weighted by Gasteiger charge is -2.05. The summed E-state index contributed by atoms with van der Waals surface area (Å²) >= 11 is 0. The molecule has 0 aliphatic heterocycles. The second kappa shape index (κ2) is 17.3. The van der Waals surface area contributed by atoms with Gasteiger partial charge < -0.3 is 10.2 Å². The molecule has 0 aliphatic rings. The number of carbonyl (C=O) groups is 1. The van der Waals surface area contributed by atoms with Crippen LogP contribution in [0.25, 0.3) is 0 Å². The summed E-state index contributed by atoms with van der Waals surface area (Å²) in [7, 11) is 0. The van der Waals surface area contributed by atoms with Gasteiger partial charge >= 0.3 is 5.97 Å². The lowest BCUT2D eigenvalue weighted by atomic mass is 10.1. The molecule has 0 saturated heterocycles. The molecule has 0 saturated carbocycles. The van der Waals surface area contributed by atoms with Crippen molar-refractivity contribution >= 4 is 5.97 Å². The first kappa shape index (κ1) is 21.9. The number of rotatable bonds is 16. The van der Waals surface area contributed by atoms with Crippen molar-refractivity contribution in [3.8, 4) is 0 Å². The van der Waals surface area contributed by atoms with Crippen LogP contribution < -0.4 is 0 Å². The molecule has 0 amide bonds. The molecule has 0 aromatic carbocycles. The minimum Gasteiger partial charge on any atom is -0.481 e. The number of aliphatic hydroxyl groups is 1. The number of carboxylic acid groups (broad SMARTS) is 1. The average Bonchev–Trinajstić information content (AvgIpc) is 2.52. The molecule has 2 N–H and O–H groups in total. The molecule has 0 fully saturated rings. The van der Waals surface area contributed by atoms with Crippen molar-refractivity contribution in [2.45, 2.75) is 96.5 Å². The van der Waals surface area contributed by atoms with E-state index in [0.29, 0.717) is 6.42 Å². The van der Waals surface area contributed by atoms with E-state index >= 15 is 0 Å². The van der Waals surface area contributed by atoms with E-state index in [0.717, 1.165) is 57.8 Å². The first-order valence-electron chi connectivity index (χ1n) is 9.36. The summed E-state index contributed by atoms with van der Waals surface area (Å²) in [6.07, 6.45) is 21.2. The second-order valence-electron chi connectivity index (χ2n) is 6.25. The highest BCUT2D eigenvalue weighted by Crippen LogP contribution is 2.08. The molecule has 0 rings (SSSR count). The standard InChI is InChI=1S/C20H36O3/c1-2-3-4-5-10-13-16-19(21)17-14-11-8-6-7-9-12-15-18-20(22)23/h8,10-11,13,19,21H,2-7,9,12,14-18H2,1H3,(H,22,23)/b11-8-,13-10-. The minimum atomic E-state index is -0.695. The Labute approximate surface area is 142 Å².